The van der Waals surface area contributed by atoms with Gasteiger partial charge in [0.05, 0.1) is 70.4 Å². The fourth-order valence-corrected chi connectivity index (χ4v) is 7.18. The Labute approximate surface area is 309 Å². The van der Waals surface area contributed by atoms with Crippen LogP contribution in [0.4, 0.5) is 25.1 Å². The number of anilines is 2. The number of imidazole rings is 2. The molecule has 12 nitrogen and oxygen atoms in total. The van der Waals surface area contributed by atoms with E-state index < -0.39 is 30.7 Å². The van der Waals surface area contributed by atoms with Crippen molar-refractivity contribution in [2.45, 2.75) is 81.5 Å². The molecule has 2 amide bonds. The van der Waals surface area contributed by atoms with Crippen LogP contribution in [0.15, 0.2) is 66.7 Å². The maximum Gasteiger partial charge on any atom is 0.404 e. The number of benzene rings is 3. The number of carbonyl (C=O) groups excluding carboxylic acids is 2. The van der Waals surface area contributed by atoms with E-state index in [0.717, 1.165) is 35.2 Å². The molecule has 278 valence electrons. The van der Waals surface area contributed by atoms with E-state index in [1.54, 1.807) is 41.0 Å². The predicted molar refractivity (Wildman–Crippen MR) is 194 cm³/mol. The van der Waals surface area contributed by atoms with Gasteiger partial charge in [-0.25, -0.2) is 9.97 Å². The smallest absolute Gasteiger partial charge is 0.370 e. The van der Waals surface area contributed by atoms with Crippen LogP contribution in [0.3, 0.4) is 0 Å². The van der Waals surface area contributed by atoms with Crippen LogP contribution in [0.25, 0.3) is 22.1 Å². The molecule has 54 heavy (non-hydrogen) atoms. The van der Waals surface area contributed by atoms with E-state index in [0.29, 0.717) is 46.5 Å². The minimum Gasteiger partial charge on any atom is -0.370 e. The highest BCUT2D eigenvalue weighted by atomic mass is 19.4. The van der Waals surface area contributed by atoms with Gasteiger partial charge in [0.1, 0.15) is 6.04 Å². The fourth-order valence-electron chi connectivity index (χ4n) is 7.18. The van der Waals surface area contributed by atoms with Gasteiger partial charge in [0.15, 0.2) is 0 Å². The third kappa shape index (κ3) is 7.51. The van der Waals surface area contributed by atoms with Gasteiger partial charge in [0.25, 0.3) is 0 Å². The Morgan fingerprint density at radius 1 is 0.852 bits per heavy atom. The Bertz CT molecular complexity index is 2280. The van der Waals surface area contributed by atoms with Crippen molar-refractivity contribution in [3.63, 3.8) is 0 Å². The zero-order chi connectivity index (χ0) is 38.1. The summed E-state index contributed by atoms with van der Waals surface area (Å²) in [4.78, 5) is 36.9. The third-order valence-corrected chi connectivity index (χ3v) is 10.3. The Kier molecular flexibility index (Phi) is 10.1. The van der Waals surface area contributed by atoms with Gasteiger partial charge in [0.2, 0.25) is 23.7 Å². The molecule has 3 aromatic carbocycles. The molecule has 0 radical (unpaired) electrons. The van der Waals surface area contributed by atoms with Gasteiger partial charge in [0, 0.05) is 12.1 Å². The number of alkyl halides is 3. The van der Waals surface area contributed by atoms with E-state index >= 15 is 0 Å². The molecule has 0 spiro atoms. The largest absolute Gasteiger partial charge is 0.404 e. The van der Waals surface area contributed by atoms with E-state index in [1.807, 2.05) is 34.9 Å². The number of aromatic nitrogens is 4. The molecule has 0 bridgehead atoms. The number of nitrogens with zero attached hydrogens (tertiary/aromatic N) is 7. The monoisotopic (exact) mass is 737 g/mol. The van der Waals surface area contributed by atoms with E-state index in [-0.39, 0.29) is 36.5 Å². The Balaban J connectivity index is 1.09. The lowest BCUT2D eigenvalue weighted by Gasteiger charge is -2.39. The summed E-state index contributed by atoms with van der Waals surface area (Å²) < 4.78 is 51.3. The first-order chi connectivity index (χ1) is 25.9. The van der Waals surface area contributed by atoms with Crippen LogP contribution in [0.2, 0.25) is 0 Å². The van der Waals surface area contributed by atoms with Crippen molar-refractivity contribution in [3.8, 4) is 12.1 Å². The van der Waals surface area contributed by atoms with Crippen molar-refractivity contribution in [1.82, 2.24) is 24.0 Å². The van der Waals surface area contributed by atoms with Crippen LogP contribution in [-0.2, 0) is 14.3 Å². The summed E-state index contributed by atoms with van der Waals surface area (Å²) in [7, 11) is 2.53. The zero-order valence-corrected chi connectivity index (χ0v) is 29.7. The topological polar surface area (TPSA) is 154 Å². The number of nitriles is 2. The molecule has 2 aromatic heterocycles. The van der Waals surface area contributed by atoms with Gasteiger partial charge in [-0.2, -0.15) is 23.7 Å². The molecule has 2 aliphatic carbocycles. The van der Waals surface area contributed by atoms with Gasteiger partial charge in [-0.05, 0) is 88.2 Å². The molecule has 2 N–H and O–H groups in total. The lowest BCUT2D eigenvalue weighted by atomic mass is 9.88. The standard InChI is InChI=1S/C39H38F3N9O3/c1-49(2)34(39(40,41)42)20-36(53)48-38-46-30-14-12-24(22-44)16-32(30)51(38)27-17-28(18-27)54-33(25-7-4-3-5-8-25)19-35(52)47-37-45-29-13-11-23(21-43)15-31(29)50(37)26-9-6-10-26/h3-5,7-8,11-16,26-28,33-34H,6,9-10,17-20H2,1-2H3,(H,45,47,52)(H,46,48,53)/t27?,28?,33-,34?/m0/s1. The van der Waals surface area contributed by atoms with Gasteiger partial charge in [-0.3, -0.25) is 25.1 Å². The molecule has 5 aromatic rings. The Morgan fingerprint density at radius 2 is 1.39 bits per heavy atom. The molecule has 2 heterocycles. The molecular formula is C39H38F3N9O3. The van der Waals surface area contributed by atoms with Crippen molar-refractivity contribution in [3.05, 3.63) is 83.4 Å². The second kappa shape index (κ2) is 14.9. The Hall–Kier alpha value is -5.77. The average Bonchev–Trinajstić information content (AvgIpc) is 3.62. The summed E-state index contributed by atoms with van der Waals surface area (Å²) in [5.74, 6) is -0.624. The third-order valence-electron chi connectivity index (χ3n) is 10.3. The molecule has 2 atom stereocenters. The average molecular weight is 738 g/mol. The lowest BCUT2D eigenvalue weighted by molar-refractivity contribution is -0.180. The van der Waals surface area contributed by atoms with Crippen LogP contribution >= 0.6 is 0 Å². The summed E-state index contributed by atoms with van der Waals surface area (Å²) in [5.41, 5.74) is 4.21. The summed E-state index contributed by atoms with van der Waals surface area (Å²) in [5, 5.41) is 24.7. The van der Waals surface area contributed by atoms with Crippen LogP contribution in [-0.4, -0.2) is 68.2 Å². The van der Waals surface area contributed by atoms with Crippen molar-refractivity contribution >= 4 is 45.8 Å². The Morgan fingerprint density at radius 3 is 1.87 bits per heavy atom. The highest BCUT2D eigenvalue weighted by molar-refractivity contribution is 5.93. The van der Waals surface area contributed by atoms with Crippen molar-refractivity contribution in [2.75, 3.05) is 24.7 Å². The van der Waals surface area contributed by atoms with Gasteiger partial charge in [-0.15, -0.1) is 0 Å². The number of fused-ring (bicyclic) bond motifs is 2. The first kappa shape index (κ1) is 36.6. The summed E-state index contributed by atoms with van der Waals surface area (Å²) in [6.45, 7) is 0. The minimum atomic E-state index is -4.61. The number of amides is 2. The molecular weight excluding hydrogens is 699 g/mol. The number of hydrogen-bond donors (Lipinski definition) is 2. The second-order valence-electron chi connectivity index (χ2n) is 14.1. The van der Waals surface area contributed by atoms with E-state index in [9.17, 15) is 33.3 Å². The normalized spacial score (nSPS) is 18.4. The van der Waals surface area contributed by atoms with Crippen LogP contribution in [0.1, 0.15) is 79.8 Å². The fraction of sp³-hybridized carbons (Fsp3) is 0.385. The first-order valence-corrected chi connectivity index (χ1v) is 17.8. The predicted octanol–water partition coefficient (Wildman–Crippen LogP) is 7.17. The second-order valence-corrected chi connectivity index (χ2v) is 14.1. The lowest BCUT2D eigenvalue weighted by Crippen LogP contribution is -2.44. The van der Waals surface area contributed by atoms with Crippen molar-refractivity contribution in [1.29, 1.82) is 10.5 Å². The van der Waals surface area contributed by atoms with Gasteiger partial charge >= 0.3 is 6.18 Å². The molecule has 0 aliphatic heterocycles. The van der Waals surface area contributed by atoms with Gasteiger partial charge < -0.3 is 13.9 Å². The number of ether oxygens (including phenoxy) is 1. The zero-order valence-electron chi connectivity index (χ0n) is 29.7. The minimum absolute atomic E-state index is 0.00438. The highest BCUT2D eigenvalue weighted by Gasteiger charge is 2.43. The van der Waals surface area contributed by atoms with Crippen LogP contribution < -0.4 is 10.6 Å². The molecule has 2 saturated carbocycles. The molecule has 15 heteroatoms. The number of carbonyl (C=O) groups is 2. The van der Waals surface area contributed by atoms with Gasteiger partial charge in [-0.1, -0.05) is 30.3 Å². The maximum absolute atomic E-state index is 13.7. The molecule has 2 fully saturated rings. The molecule has 7 rings (SSSR count). The maximum atomic E-state index is 13.7. The molecule has 1 unspecified atom stereocenters. The summed E-state index contributed by atoms with van der Waals surface area (Å²) in [6.07, 6.45) is -2.48. The number of hydrogen-bond acceptors (Lipinski definition) is 8. The van der Waals surface area contributed by atoms with E-state index in [2.05, 4.69) is 27.8 Å². The quantitative estimate of drug-likeness (QED) is 0.137. The number of nitrogens with one attached hydrogen (secondary N) is 2. The van der Waals surface area contributed by atoms with E-state index in [4.69, 9.17) is 9.72 Å². The van der Waals surface area contributed by atoms with Crippen LogP contribution in [0, 0.1) is 22.7 Å². The molecule has 2 aliphatic rings. The first-order valence-electron chi connectivity index (χ1n) is 17.8. The summed E-state index contributed by atoms with van der Waals surface area (Å²) in [6, 6.07) is 21.8. The van der Waals surface area contributed by atoms with Crippen molar-refractivity contribution in [2.24, 2.45) is 0 Å². The summed E-state index contributed by atoms with van der Waals surface area (Å²) >= 11 is 0. The van der Waals surface area contributed by atoms with Crippen molar-refractivity contribution < 1.29 is 27.5 Å². The van der Waals surface area contributed by atoms with Crippen LogP contribution in [0.5, 0.6) is 0 Å². The molecule has 0 saturated heterocycles. The highest BCUT2D eigenvalue weighted by Crippen LogP contribution is 2.42. The number of rotatable bonds is 12. The number of halogens is 3. The SMILES string of the molecule is CN(C)C(CC(=O)Nc1nc2ccc(C#N)cc2n1C1CC(O[C@@H](CC(=O)Nc2nc3ccc(C#N)cc3n2C2CCC2)c2ccccc2)C1)C(F)(F)F. The van der Waals surface area contributed by atoms with E-state index in [1.165, 1.54) is 14.1 Å².